The van der Waals surface area contributed by atoms with E-state index in [1.54, 1.807) is 11.8 Å². The predicted molar refractivity (Wildman–Crippen MR) is 54.9 cm³/mol. The molecule has 1 aliphatic carbocycles. The molecule has 0 aromatic rings. The van der Waals surface area contributed by atoms with Crippen LogP contribution in [-0.2, 0) is 4.79 Å². The summed E-state index contributed by atoms with van der Waals surface area (Å²) in [5, 5.41) is 0.914. The Kier molecular flexibility index (Phi) is 2.58. The maximum Gasteiger partial charge on any atom is 0.231 e. The first-order valence-corrected chi connectivity index (χ1v) is 5.95. The van der Waals surface area contributed by atoms with Crippen LogP contribution in [0.2, 0.25) is 0 Å². The second-order valence-electron chi connectivity index (χ2n) is 3.49. The van der Waals surface area contributed by atoms with Gasteiger partial charge in [0.05, 0.1) is 6.54 Å². The molecule has 0 atom stereocenters. The fraction of sp³-hybridized carbons (Fsp3) is 0.778. The summed E-state index contributed by atoms with van der Waals surface area (Å²) >= 11 is 1.58. The Hall–Kier alpha value is -0.510. The van der Waals surface area contributed by atoms with Gasteiger partial charge in [-0.1, -0.05) is 18.2 Å². The summed E-state index contributed by atoms with van der Waals surface area (Å²) in [4.78, 5) is 18.0. The lowest BCUT2D eigenvalue weighted by molar-refractivity contribution is -0.133. The highest BCUT2D eigenvalue weighted by Gasteiger charge is 2.32. The number of hydrogen-bond donors (Lipinski definition) is 0. The number of aliphatic imine (C=N–C) groups is 1. The molecule has 1 heterocycles. The van der Waals surface area contributed by atoms with Crippen LogP contribution in [0.4, 0.5) is 0 Å². The van der Waals surface area contributed by atoms with Gasteiger partial charge in [0.25, 0.3) is 0 Å². The Bertz CT molecular complexity index is 248. The number of rotatable bonds is 1. The van der Waals surface area contributed by atoms with Gasteiger partial charge in [0.1, 0.15) is 0 Å². The van der Waals surface area contributed by atoms with E-state index in [4.69, 9.17) is 0 Å². The third-order valence-corrected chi connectivity index (χ3v) is 3.42. The third kappa shape index (κ3) is 1.59. The molecule has 4 heteroatoms. The van der Waals surface area contributed by atoms with Crippen LogP contribution >= 0.6 is 11.8 Å². The molecule has 1 saturated carbocycles. The van der Waals surface area contributed by atoms with Crippen LogP contribution < -0.4 is 0 Å². The lowest BCUT2D eigenvalue weighted by Gasteiger charge is -2.29. The van der Waals surface area contributed by atoms with E-state index in [2.05, 4.69) is 4.99 Å². The molecule has 13 heavy (non-hydrogen) atoms. The largest absolute Gasteiger partial charge is 0.289 e. The Balaban J connectivity index is 1.99. The van der Waals surface area contributed by atoms with Gasteiger partial charge in [0, 0.05) is 12.5 Å². The van der Waals surface area contributed by atoms with Crippen LogP contribution in [0.25, 0.3) is 0 Å². The highest BCUT2D eigenvalue weighted by Crippen LogP contribution is 2.29. The van der Waals surface area contributed by atoms with Crippen LogP contribution in [0.1, 0.15) is 19.3 Å². The van der Waals surface area contributed by atoms with Crippen LogP contribution in [0, 0.1) is 5.92 Å². The summed E-state index contributed by atoms with van der Waals surface area (Å²) in [6, 6.07) is 0. The maximum atomic E-state index is 11.8. The van der Waals surface area contributed by atoms with Crippen molar-refractivity contribution in [1.29, 1.82) is 0 Å². The number of carbonyl (C=O) groups excluding carboxylic acids is 1. The monoisotopic (exact) mass is 198 g/mol. The fourth-order valence-corrected chi connectivity index (χ4v) is 2.30. The predicted octanol–water partition coefficient (Wildman–Crippen LogP) is 1.35. The molecule has 1 fully saturated rings. The maximum absolute atomic E-state index is 11.8. The average molecular weight is 198 g/mol. The van der Waals surface area contributed by atoms with E-state index in [-0.39, 0.29) is 0 Å². The van der Waals surface area contributed by atoms with E-state index in [1.165, 1.54) is 6.42 Å². The molecule has 1 aliphatic heterocycles. The number of hydrogen-bond acceptors (Lipinski definition) is 3. The zero-order valence-corrected chi connectivity index (χ0v) is 8.64. The SMILES string of the molecule is CSC1=NCCN1C(=O)C1CCC1. The molecule has 1 amide bonds. The lowest BCUT2D eigenvalue weighted by atomic mass is 9.84. The van der Waals surface area contributed by atoms with Gasteiger partial charge >= 0.3 is 0 Å². The molecule has 0 aromatic heterocycles. The van der Waals surface area contributed by atoms with Crippen molar-refractivity contribution in [2.24, 2.45) is 10.9 Å². The van der Waals surface area contributed by atoms with Gasteiger partial charge in [-0.05, 0) is 19.1 Å². The van der Waals surface area contributed by atoms with Gasteiger partial charge in [-0.3, -0.25) is 14.7 Å². The van der Waals surface area contributed by atoms with Crippen molar-refractivity contribution in [3.8, 4) is 0 Å². The van der Waals surface area contributed by atoms with E-state index in [0.717, 1.165) is 31.1 Å². The lowest BCUT2D eigenvalue weighted by Crippen LogP contribution is -2.39. The highest BCUT2D eigenvalue weighted by molar-refractivity contribution is 8.13. The molecule has 0 N–H and O–H groups in total. The molecule has 0 aromatic carbocycles. The standard InChI is InChI=1S/C9H14N2OS/c1-13-9-10-5-6-11(9)8(12)7-3-2-4-7/h7H,2-6H2,1H3. The number of amidine groups is 1. The normalized spacial score (nSPS) is 22.8. The number of nitrogens with zero attached hydrogens (tertiary/aromatic N) is 2. The van der Waals surface area contributed by atoms with Crippen molar-refractivity contribution in [2.45, 2.75) is 19.3 Å². The fourth-order valence-electron chi connectivity index (χ4n) is 1.68. The Morgan fingerprint density at radius 2 is 2.38 bits per heavy atom. The van der Waals surface area contributed by atoms with E-state index < -0.39 is 0 Å². The summed E-state index contributed by atoms with van der Waals surface area (Å²) in [6.07, 6.45) is 5.36. The van der Waals surface area contributed by atoms with Crippen LogP contribution in [0.3, 0.4) is 0 Å². The first-order chi connectivity index (χ1) is 6.33. The number of amides is 1. The second-order valence-corrected chi connectivity index (χ2v) is 4.26. The molecule has 3 nitrogen and oxygen atoms in total. The highest BCUT2D eigenvalue weighted by atomic mass is 32.2. The summed E-state index contributed by atoms with van der Waals surface area (Å²) in [5.74, 6) is 0.604. The van der Waals surface area contributed by atoms with Crippen molar-refractivity contribution in [2.75, 3.05) is 19.3 Å². The quantitative estimate of drug-likeness (QED) is 0.637. The molecule has 0 bridgehead atoms. The molecular formula is C9H14N2OS. The molecular weight excluding hydrogens is 184 g/mol. The number of carbonyl (C=O) groups is 1. The van der Waals surface area contributed by atoms with Gasteiger partial charge in [-0.2, -0.15) is 0 Å². The van der Waals surface area contributed by atoms with Crippen molar-refractivity contribution in [3.05, 3.63) is 0 Å². The Morgan fingerprint density at radius 3 is 2.92 bits per heavy atom. The summed E-state index contributed by atoms with van der Waals surface area (Å²) in [5.41, 5.74) is 0. The van der Waals surface area contributed by atoms with E-state index in [9.17, 15) is 4.79 Å². The minimum absolute atomic E-state index is 0.301. The first-order valence-electron chi connectivity index (χ1n) is 4.72. The molecule has 2 rings (SSSR count). The van der Waals surface area contributed by atoms with Gasteiger partial charge < -0.3 is 0 Å². The third-order valence-electron chi connectivity index (χ3n) is 2.70. The Morgan fingerprint density at radius 1 is 1.62 bits per heavy atom. The molecule has 2 aliphatic rings. The minimum atomic E-state index is 0.301. The zero-order chi connectivity index (χ0) is 9.26. The number of thioether (sulfide) groups is 1. The van der Waals surface area contributed by atoms with Crippen LogP contribution in [0.15, 0.2) is 4.99 Å². The summed E-state index contributed by atoms with van der Waals surface area (Å²) in [6.45, 7) is 1.58. The summed E-state index contributed by atoms with van der Waals surface area (Å²) < 4.78 is 0. The molecule has 0 spiro atoms. The Labute approximate surface area is 82.6 Å². The van der Waals surface area contributed by atoms with Crippen molar-refractivity contribution >= 4 is 22.8 Å². The first kappa shape index (κ1) is 9.06. The van der Waals surface area contributed by atoms with Crippen molar-refractivity contribution in [1.82, 2.24) is 4.90 Å². The second kappa shape index (κ2) is 3.70. The van der Waals surface area contributed by atoms with E-state index in [1.807, 2.05) is 11.2 Å². The molecule has 72 valence electrons. The van der Waals surface area contributed by atoms with Crippen molar-refractivity contribution in [3.63, 3.8) is 0 Å². The smallest absolute Gasteiger partial charge is 0.231 e. The topological polar surface area (TPSA) is 32.7 Å². The van der Waals surface area contributed by atoms with Gasteiger partial charge in [-0.15, -0.1) is 0 Å². The molecule has 0 unspecified atom stereocenters. The van der Waals surface area contributed by atoms with Gasteiger partial charge in [0.2, 0.25) is 5.91 Å². The van der Waals surface area contributed by atoms with Gasteiger partial charge in [0.15, 0.2) is 5.17 Å². The molecule has 0 radical (unpaired) electrons. The summed E-state index contributed by atoms with van der Waals surface area (Å²) in [7, 11) is 0. The van der Waals surface area contributed by atoms with Crippen LogP contribution in [0.5, 0.6) is 0 Å². The van der Waals surface area contributed by atoms with E-state index in [0.29, 0.717) is 11.8 Å². The van der Waals surface area contributed by atoms with Gasteiger partial charge in [-0.25, -0.2) is 0 Å². The van der Waals surface area contributed by atoms with E-state index >= 15 is 0 Å². The average Bonchev–Trinajstić information content (AvgIpc) is 2.47. The minimum Gasteiger partial charge on any atom is -0.289 e. The van der Waals surface area contributed by atoms with Crippen molar-refractivity contribution < 1.29 is 4.79 Å². The van der Waals surface area contributed by atoms with Crippen LogP contribution in [-0.4, -0.2) is 35.3 Å². The zero-order valence-electron chi connectivity index (χ0n) is 7.82. The molecule has 0 saturated heterocycles.